The van der Waals surface area contributed by atoms with Gasteiger partial charge in [-0.1, -0.05) is 35.3 Å². The smallest absolute Gasteiger partial charge is 0.335 e. The first-order chi connectivity index (χ1) is 11.3. The number of rotatable bonds is 4. The van der Waals surface area contributed by atoms with Crippen molar-refractivity contribution in [2.75, 3.05) is 0 Å². The van der Waals surface area contributed by atoms with Crippen molar-refractivity contribution < 1.29 is 18.3 Å². The van der Waals surface area contributed by atoms with E-state index >= 15 is 0 Å². The average Bonchev–Trinajstić information content (AvgIpc) is 2.88. The fourth-order valence-electron chi connectivity index (χ4n) is 2.84. The van der Waals surface area contributed by atoms with Gasteiger partial charge in [-0.3, -0.25) is 0 Å². The maximum Gasteiger partial charge on any atom is 0.335 e. The molecule has 1 aliphatic rings. The Morgan fingerprint density at radius 2 is 1.83 bits per heavy atom. The number of hydrogen-bond donors (Lipinski definition) is 2. The number of halogens is 2. The van der Waals surface area contributed by atoms with E-state index in [-0.39, 0.29) is 20.5 Å². The molecule has 0 heterocycles. The highest BCUT2D eigenvalue weighted by atomic mass is 35.5. The molecule has 0 bridgehead atoms. The van der Waals surface area contributed by atoms with Crippen molar-refractivity contribution in [3.63, 3.8) is 0 Å². The topological polar surface area (TPSA) is 83.5 Å². The lowest BCUT2D eigenvalue weighted by atomic mass is 10.0. The summed E-state index contributed by atoms with van der Waals surface area (Å²) >= 11 is 12.0. The first-order valence-corrected chi connectivity index (χ1v) is 9.36. The van der Waals surface area contributed by atoms with Gasteiger partial charge in [-0.25, -0.2) is 17.9 Å². The van der Waals surface area contributed by atoms with E-state index in [1.807, 2.05) is 0 Å². The summed E-state index contributed by atoms with van der Waals surface area (Å²) in [6.07, 6.45) is 1.21. The zero-order chi connectivity index (χ0) is 17.5. The van der Waals surface area contributed by atoms with Gasteiger partial charge < -0.3 is 5.11 Å². The van der Waals surface area contributed by atoms with Crippen molar-refractivity contribution in [1.82, 2.24) is 4.72 Å². The van der Waals surface area contributed by atoms with Gasteiger partial charge in [0.2, 0.25) is 10.0 Å². The lowest BCUT2D eigenvalue weighted by molar-refractivity contribution is 0.0696. The number of nitrogens with one attached hydrogen (secondary N) is 1. The molecule has 3 rings (SSSR count). The van der Waals surface area contributed by atoms with Crippen molar-refractivity contribution in [3.8, 4) is 0 Å². The fraction of sp³-hybridized carbons (Fsp3) is 0.188. The van der Waals surface area contributed by atoms with E-state index in [2.05, 4.69) is 4.72 Å². The number of aryl methyl sites for hydroxylation is 1. The molecule has 1 atom stereocenters. The SMILES string of the molecule is O=C(O)c1ccc2c(c1)C(NS(=O)(=O)c1c(Cl)cccc1Cl)CC2. The molecule has 0 radical (unpaired) electrons. The van der Waals surface area contributed by atoms with Crippen LogP contribution in [0.4, 0.5) is 0 Å². The standard InChI is InChI=1S/C16H13Cl2NO4S/c17-12-2-1-3-13(18)15(12)24(22,23)19-14-7-6-9-4-5-10(16(20)21)8-11(9)14/h1-5,8,14,19H,6-7H2,(H,20,21). The quantitative estimate of drug-likeness (QED) is 0.840. The van der Waals surface area contributed by atoms with Crippen LogP contribution in [0.1, 0.15) is 33.9 Å². The molecule has 2 aromatic rings. The van der Waals surface area contributed by atoms with Crippen LogP contribution in [0.15, 0.2) is 41.3 Å². The van der Waals surface area contributed by atoms with Gasteiger partial charge in [-0.2, -0.15) is 0 Å². The minimum Gasteiger partial charge on any atom is -0.478 e. The molecule has 2 N–H and O–H groups in total. The van der Waals surface area contributed by atoms with Crippen LogP contribution < -0.4 is 4.72 Å². The number of carboxylic acids is 1. The third-order valence-corrected chi connectivity index (χ3v) is 6.38. The van der Waals surface area contributed by atoms with Gasteiger partial charge in [0.1, 0.15) is 4.90 Å². The highest BCUT2D eigenvalue weighted by molar-refractivity contribution is 7.89. The van der Waals surface area contributed by atoms with Crippen molar-refractivity contribution in [3.05, 3.63) is 63.1 Å². The Labute approximate surface area is 149 Å². The summed E-state index contributed by atoms with van der Waals surface area (Å²) in [5.74, 6) is -1.06. The Bertz CT molecular complexity index is 907. The lowest BCUT2D eigenvalue weighted by Crippen LogP contribution is -2.28. The number of benzene rings is 2. The van der Waals surface area contributed by atoms with E-state index in [0.717, 1.165) is 5.56 Å². The molecule has 0 aromatic heterocycles. The number of hydrogen-bond acceptors (Lipinski definition) is 3. The van der Waals surface area contributed by atoms with Gasteiger partial charge >= 0.3 is 5.97 Å². The van der Waals surface area contributed by atoms with Crippen molar-refractivity contribution in [2.24, 2.45) is 0 Å². The third kappa shape index (κ3) is 3.15. The van der Waals surface area contributed by atoms with Crippen LogP contribution in [0, 0.1) is 0 Å². The summed E-state index contributed by atoms with van der Waals surface area (Å²) in [6, 6.07) is 8.69. The van der Waals surface area contributed by atoms with Crippen molar-refractivity contribution in [1.29, 1.82) is 0 Å². The minimum atomic E-state index is -3.94. The Balaban J connectivity index is 1.97. The fourth-order valence-corrected chi connectivity index (χ4v) is 5.24. The molecule has 24 heavy (non-hydrogen) atoms. The average molecular weight is 386 g/mol. The second-order valence-corrected chi connectivity index (χ2v) is 7.95. The third-order valence-electron chi connectivity index (χ3n) is 3.96. The molecule has 0 aliphatic heterocycles. The maximum absolute atomic E-state index is 12.7. The highest BCUT2D eigenvalue weighted by Gasteiger charge is 2.30. The predicted octanol–water partition coefficient (Wildman–Crippen LogP) is 3.66. The second-order valence-electron chi connectivity index (χ2n) is 5.48. The normalized spacial score (nSPS) is 16.8. The van der Waals surface area contributed by atoms with Crippen LogP contribution in [-0.4, -0.2) is 19.5 Å². The molecule has 2 aromatic carbocycles. The summed E-state index contributed by atoms with van der Waals surface area (Å²) in [7, 11) is -3.94. The molecular weight excluding hydrogens is 373 g/mol. The summed E-state index contributed by atoms with van der Waals surface area (Å²) in [5.41, 5.74) is 1.72. The van der Waals surface area contributed by atoms with Gasteiger partial charge in [0.05, 0.1) is 15.6 Å². The van der Waals surface area contributed by atoms with E-state index in [1.165, 1.54) is 24.3 Å². The van der Waals surface area contributed by atoms with Gasteiger partial charge in [0.15, 0.2) is 0 Å². The molecule has 1 unspecified atom stereocenters. The zero-order valence-electron chi connectivity index (χ0n) is 12.3. The number of carbonyl (C=O) groups is 1. The van der Waals surface area contributed by atoms with Crippen LogP contribution in [0.25, 0.3) is 0 Å². The number of carboxylic acid groups (broad SMARTS) is 1. The molecule has 0 saturated heterocycles. The molecule has 1 aliphatic carbocycles. The molecule has 0 spiro atoms. The molecule has 126 valence electrons. The van der Waals surface area contributed by atoms with E-state index in [9.17, 15) is 13.2 Å². The van der Waals surface area contributed by atoms with Crippen LogP contribution in [0.5, 0.6) is 0 Å². The van der Waals surface area contributed by atoms with Gasteiger partial charge in [-0.05, 0) is 48.2 Å². The summed E-state index contributed by atoms with van der Waals surface area (Å²) in [4.78, 5) is 11.0. The second kappa shape index (κ2) is 6.37. The Kier molecular flexibility index (Phi) is 4.57. The summed E-state index contributed by atoms with van der Waals surface area (Å²) < 4.78 is 27.9. The lowest BCUT2D eigenvalue weighted by Gasteiger charge is -2.16. The molecule has 0 amide bonds. The van der Waals surface area contributed by atoms with Gasteiger partial charge in [-0.15, -0.1) is 0 Å². The van der Waals surface area contributed by atoms with Crippen molar-refractivity contribution >= 4 is 39.2 Å². The predicted molar refractivity (Wildman–Crippen MR) is 91.2 cm³/mol. The van der Waals surface area contributed by atoms with E-state index in [0.29, 0.717) is 18.4 Å². The molecule has 0 saturated carbocycles. The Morgan fingerprint density at radius 3 is 2.46 bits per heavy atom. The minimum absolute atomic E-state index is 0.0347. The van der Waals surface area contributed by atoms with E-state index < -0.39 is 22.0 Å². The van der Waals surface area contributed by atoms with Crippen LogP contribution in [-0.2, 0) is 16.4 Å². The first-order valence-electron chi connectivity index (χ1n) is 7.12. The number of aromatic carboxylic acids is 1. The number of sulfonamides is 1. The zero-order valence-corrected chi connectivity index (χ0v) is 14.6. The van der Waals surface area contributed by atoms with Crippen LogP contribution in [0.2, 0.25) is 10.0 Å². The molecule has 8 heteroatoms. The van der Waals surface area contributed by atoms with E-state index in [4.69, 9.17) is 28.3 Å². The Hall–Kier alpha value is -1.60. The van der Waals surface area contributed by atoms with E-state index in [1.54, 1.807) is 12.1 Å². The monoisotopic (exact) mass is 385 g/mol. The summed E-state index contributed by atoms with van der Waals surface area (Å²) in [5, 5.41) is 9.18. The largest absolute Gasteiger partial charge is 0.478 e. The number of fused-ring (bicyclic) bond motifs is 1. The maximum atomic E-state index is 12.7. The van der Waals surface area contributed by atoms with Crippen molar-refractivity contribution in [2.45, 2.75) is 23.8 Å². The molecular formula is C16H13Cl2NO4S. The van der Waals surface area contributed by atoms with Crippen LogP contribution in [0.3, 0.4) is 0 Å². The van der Waals surface area contributed by atoms with Crippen LogP contribution >= 0.6 is 23.2 Å². The first kappa shape index (κ1) is 17.2. The Morgan fingerprint density at radius 1 is 1.17 bits per heavy atom. The molecule has 5 nitrogen and oxygen atoms in total. The highest BCUT2D eigenvalue weighted by Crippen LogP contribution is 2.35. The molecule has 0 fully saturated rings. The van der Waals surface area contributed by atoms with Gasteiger partial charge in [0.25, 0.3) is 0 Å². The summed E-state index contributed by atoms with van der Waals surface area (Å²) in [6.45, 7) is 0. The van der Waals surface area contributed by atoms with Gasteiger partial charge in [0, 0.05) is 6.04 Å².